The molecule has 0 saturated carbocycles. The highest BCUT2D eigenvalue weighted by Gasteiger charge is 2.09. The van der Waals surface area contributed by atoms with E-state index < -0.39 is 5.82 Å². The van der Waals surface area contributed by atoms with Gasteiger partial charge in [0.05, 0.1) is 25.2 Å². The first kappa shape index (κ1) is 12.9. The minimum atomic E-state index is -0.536. The molecule has 0 aliphatic carbocycles. The Hall–Kier alpha value is -2.57. The third-order valence-electron chi connectivity index (χ3n) is 2.45. The molecular formula is C12H13FN4O2. The summed E-state index contributed by atoms with van der Waals surface area (Å²) in [6, 6.07) is 2.23. The summed E-state index contributed by atoms with van der Waals surface area (Å²) in [6.07, 6.45) is 2.89. The van der Waals surface area contributed by atoms with Crippen LogP contribution in [0.3, 0.4) is 0 Å². The van der Waals surface area contributed by atoms with Crippen molar-refractivity contribution in [2.75, 3.05) is 12.8 Å². The number of phenolic OH excluding ortho intramolecular Hbond substituents is 1. The second kappa shape index (κ2) is 4.97. The van der Waals surface area contributed by atoms with Crippen molar-refractivity contribution >= 4 is 12.2 Å². The van der Waals surface area contributed by atoms with Gasteiger partial charge in [-0.2, -0.15) is 5.10 Å². The lowest BCUT2D eigenvalue weighted by molar-refractivity contribution is 0.370. The number of imidazole rings is 1. The van der Waals surface area contributed by atoms with E-state index >= 15 is 0 Å². The Balaban J connectivity index is 2.38. The first-order valence-corrected chi connectivity index (χ1v) is 5.43. The van der Waals surface area contributed by atoms with E-state index in [1.54, 1.807) is 13.1 Å². The van der Waals surface area contributed by atoms with E-state index in [4.69, 9.17) is 10.5 Å². The number of benzene rings is 1. The molecule has 0 fully saturated rings. The number of aromatic nitrogens is 2. The predicted molar refractivity (Wildman–Crippen MR) is 69.0 cm³/mol. The van der Waals surface area contributed by atoms with Crippen molar-refractivity contribution in [3.8, 4) is 11.5 Å². The number of methoxy groups -OCH3 is 1. The number of hydrogen-bond donors (Lipinski definition) is 2. The number of nitrogen functional groups attached to an aromatic ring is 1. The summed E-state index contributed by atoms with van der Waals surface area (Å²) in [6.45, 7) is 1.77. The molecule has 0 aliphatic rings. The van der Waals surface area contributed by atoms with Crippen LogP contribution in [0.25, 0.3) is 0 Å². The minimum absolute atomic E-state index is 0.0382. The van der Waals surface area contributed by atoms with Crippen LogP contribution in [0.2, 0.25) is 0 Å². The maximum absolute atomic E-state index is 13.3. The highest BCUT2D eigenvalue weighted by Crippen LogP contribution is 2.29. The van der Waals surface area contributed by atoms with Crippen LogP contribution < -0.4 is 10.5 Å². The number of nitrogens with zero attached hydrogens (tertiary/aromatic N) is 3. The van der Waals surface area contributed by atoms with E-state index in [0.29, 0.717) is 5.69 Å². The lowest BCUT2D eigenvalue weighted by atomic mass is 10.2. The first-order valence-electron chi connectivity index (χ1n) is 5.43. The SMILES string of the molecule is COc1cc(F)cc(C=Nn2cc(C)nc2N)c1O. The lowest BCUT2D eigenvalue weighted by Crippen LogP contribution is -1.98. The molecule has 0 bridgehead atoms. The summed E-state index contributed by atoms with van der Waals surface area (Å²) in [5.41, 5.74) is 6.49. The van der Waals surface area contributed by atoms with E-state index in [-0.39, 0.29) is 23.0 Å². The largest absolute Gasteiger partial charge is 0.504 e. The Bertz CT molecular complexity index is 637. The van der Waals surface area contributed by atoms with Crippen molar-refractivity contribution < 1.29 is 14.2 Å². The number of nitrogens with two attached hydrogens (primary N) is 1. The van der Waals surface area contributed by atoms with Gasteiger partial charge in [-0.1, -0.05) is 0 Å². The molecule has 0 aliphatic heterocycles. The second-order valence-electron chi connectivity index (χ2n) is 3.88. The molecule has 1 aromatic carbocycles. The summed E-state index contributed by atoms with van der Waals surface area (Å²) < 4.78 is 19.5. The van der Waals surface area contributed by atoms with Gasteiger partial charge in [-0.15, -0.1) is 0 Å². The molecule has 3 N–H and O–H groups in total. The molecule has 0 atom stereocenters. The molecule has 2 rings (SSSR count). The number of phenols is 1. The van der Waals surface area contributed by atoms with Crippen LogP contribution in [0, 0.1) is 12.7 Å². The van der Waals surface area contributed by atoms with Crippen LogP contribution in [0.4, 0.5) is 10.3 Å². The fourth-order valence-electron chi connectivity index (χ4n) is 1.57. The number of rotatable bonds is 3. The second-order valence-corrected chi connectivity index (χ2v) is 3.88. The fourth-order valence-corrected chi connectivity index (χ4v) is 1.57. The molecule has 1 aromatic heterocycles. The monoisotopic (exact) mass is 264 g/mol. The van der Waals surface area contributed by atoms with Gasteiger partial charge in [-0.25, -0.2) is 14.1 Å². The fraction of sp³-hybridized carbons (Fsp3) is 0.167. The number of anilines is 1. The van der Waals surface area contributed by atoms with Gasteiger partial charge < -0.3 is 15.6 Å². The summed E-state index contributed by atoms with van der Waals surface area (Å²) in [4.78, 5) is 3.96. The average Bonchev–Trinajstić information content (AvgIpc) is 2.68. The third kappa shape index (κ3) is 2.65. The summed E-state index contributed by atoms with van der Waals surface area (Å²) >= 11 is 0. The Morgan fingerprint density at radius 3 is 2.84 bits per heavy atom. The van der Waals surface area contributed by atoms with Gasteiger partial charge in [0.1, 0.15) is 5.82 Å². The normalized spacial score (nSPS) is 11.1. The summed E-state index contributed by atoms with van der Waals surface area (Å²) in [5, 5.41) is 13.8. The third-order valence-corrected chi connectivity index (χ3v) is 2.45. The molecule has 0 saturated heterocycles. The first-order chi connectivity index (χ1) is 9.01. The molecule has 0 amide bonds. The van der Waals surface area contributed by atoms with Gasteiger partial charge in [0, 0.05) is 11.6 Å². The molecule has 100 valence electrons. The van der Waals surface area contributed by atoms with Gasteiger partial charge >= 0.3 is 0 Å². The Morgan fingerprint density at radius 1 is 1.53 bits per heavy atom. The van der Waals surface area contributed by atoms with Crippen molar-refractivity contribution in [1.29, 1.82) is 0 Å². The zero-order valence-electron chi connectivity index (χ0n) is 10.5. The van der Waals surface area contributed by atoms with Crippen molar-refractivity contribution in [1.82, 2.24) is 9.66 Å². The average molecular weight is 264 g/mol. The molecule has 0 spiro atoms. The van der Waals surface area contributed by atoms with Crippen LogP contribution in [0.1, 0.15) is 11.3 Å². The number of ether oxygens (including phenoxy) is 1. The molecule has 1 heterocycles. The van der Waals surface area contributed by atoms with Crippen molar-refractivity contribution in [2.45, 2.75) is 6.92 Å². The van der Waals surface area contributed by atoms with E-state index in [9.17, 15) is 9.50 Å². The van der Waals surface area contributed by atoms with E-state index in [1.807, 2.05) is 0 Å². The predicted octanol–water partition coefficient (Wildman–Crippen LogP) is 1.51. The molecule has 0 unspecified atom stereocenters. The van der Waals surface area contributed by atoms with E-state index in [1.165, 1.54) is 18.0 Å². The van der Waals surface area contributed by atoms with Gasteiger partial charge in [0.15, 0.2) is 11.5 Å². The summed E-state index contributed by atoms with van der Waals surface area (Å²) in [5.74, 6) is -0.484. The highest BCUT2D eigenvalue weighted by atomic mass is 19.1. The van der Waals surface area contributed by atoms with Crippen LogP contribution in [-0.2, 0) is 0 Å². The number of hydrogen-bond acceptors (Lipinski definition) is 5. The topological polar surface area (TPSA) is 85.7 Å². The number of aromatic hydroxyl groups is 1. The molecule has 7 heteroatoms. The van der Waals surface area contributed by atoms with Crippen molar-refractivity contribution in [2.24, 2.45) is 5.10 Å². The van der Waals surface area contributed by atoms with E-state index in [2.05, 4.69) is 10.1 Å². The standard InChI is InChI=1S/C12H13FN4O2/c1-7-6-17(12(14)16-7)15-5-8-3-9(13)4-10(19-2)11(8)18/h3-6,18H,1-2H3,(H2,14,16). The zero-order valence-corrected chi connectivity index (χ0v) is 10.5. The Labute approximate surface area is 109 Å². The van der Waals surface area contributed by atoms with Crippen LogP contribution >= 0.6 is 0 Å². The van der Waals surface area contributed by atoms with Crippen LogP contribution in [-0.4, -0.2) is 28.1 Å². The highest BCUT2D eigenvalue weighted by molar-refractivity contribution is 5.84. The lowest BCUT2D eigenvalue weighted by Gasteiger charge is -2.06. The minimum Gasteiger partial charge on any atom is -0.504 e. The zero-order chi connectivity index (χ0) is 14.0. The molecule has 2 aromatic rings. The van der Waals surface area contributed by atoms with Crippen LogP contribution in [0.5, 0.6) is 11.5 Å². The van der Waals surface area contributed by atoms with Crippen molar-refractivity contribution in [3.05, 3.63) is 35.4 Å². The number of halogens is 1. The smallest absolute Gasteiger partial charge is 0.221 e. The van der Waals surface area contributed by atoms with Gasteiger partial charge in [0.25, 0.3) is 0 Å². The molecule has 6 nitrogen and oxygen atoms in total. The maximum atomic E-state index is 13.3. The molecule has 19 heavy (non-hydrogen) atoms. The quantitative estimate of drug-likeness (QED) is 0.823. The van der Waals surface area contributed by atoms with Gasteiger partial charge in [-0.3, -0.25) is 0 Å². The number of aryl methyl sites for hydroxylation is 1. The summed E-state index contributed by atoms with van der Waals surface area (Å²) in [7, 11) is 1.34. The van der Waals surface area contributed by atoms with Gasteiger partial charge in [-0.05, 0) is 13.0 Å². The van der Waals surface area contributed by atoms with Gasteiger partial charge in [0.2, 0.25) is 5.95 Å². The Kier molecular flexibility index (Phi) is 3.37. The van der Waals surface area contributed by atoms with E-state index in [0.717, 1.165) is 12.1 Å². The molecule has 0 radical (unpaired) electrons. The maximum Gasteiger partial charge on any atom is 0.221 e. The molecular weight excluding hydrogens is 251 g/mol. The van der Waals surface area contributed by atoms with Crippen molar-refractivity contribution in [3.63, 3.8) is 0 Å². The van der Waals surface area contributed by atoms with Crippen LogP contribution in [0.15, 0.2) is 23.4 Å². The Morgan fingerprint density at radius 2 is 2.26 bits per heavy atom.